The number of amides is 2. The molecule has 1 aromatic rings. The first-order valence-electron chi connectivity index (χ1n) is 8.62. The van der Waals surface area contributed by atoms with Crippen LogP contribution in [0.3, 0.4) is 0 Å². The number of fused-ring (bicyclic) bond motifs is 1. The Hall–Kier alpha value is -1.53. The highest BCUT2D eigenvalue weighted by atomic mass is 32.2. The minimum atomic E-state index is 0.0401. The van der Waals surface area contributed by atoms with E-state index in [1.165, 1.54) is 0 Å². The lowest BCUT2D eigenvalue weighted by molar-refractivity contribution is -0.133. The molecule has 0 radical (unpaired) electrons. The SMILES string of the molecule is CC1CC(CN)CN1C(=O)CCC(=O)N1CCSc2ccccc21. The third-order valence-electron chi connectivity index (χ3n) is 4.90. The first-order valence-corrected chi connectivity index (χ1v) is 9.60. The summed E-state index contributed by atoms with van der Waals surface area (Å²) >= 11 is 1.78. The molecular formula is C18H25N3O2S. The van der Waals surface area contributed by atoms with Crippen molar-refractivity contribution in [3.63, 3.8) is 0 Å². The van der Waals surface area contributed by atoms with Crippen molar-refractivity contribution in [2.75, 3.05) is 30.3 Å². The Kier molecular flexibility index (Phi) is 5.46. The van der Waals surface area contributed by atoms with Gasteiger partial charge in [0.15, 0.2) is 0 Å². The van der Waals surface area contributed by atoms with Crippen LogP contribution in [-0.2, 0) is 9.59 Å². The zero-order valence-corrected chi connectivity index (χ0v) is 14.9. The Morgan fingerprint density at radius 2 is 2.00 bits per heavy atom. The van der Waals surface area contributed by atoms with E-state index in [9.17, 15) is 9.59 Å². The van der Waals surface area contributed by atoms with Gasteiger partial charge in [-0.15, -0.1) is 11.8 Å². The minimum absolute atomic E-state index is 0.0401. The number of rotatable bonds is 4. The molecule has 130 valence electrons. The van der Waals surface area contributed by atoms with Gasteiger partial charge in [-0.2, -0.15) is 0 Å². The van der Waals surface area contributed by atoms with Crippen LogP contribution in [0.4, 0.5) is 5.69 Å². The predicted molar refractivity (Wildman–Crippen MR) is 97.1 cm³/mol. The standard InChI is InChI=1S/C18H25N3O2S/c1-13-10-14(11-19)12-21(13)18(23)7-6-17(22)20-8-9-24-16-5-3-2-4-15(16)20/h2-5,13-14H,6-12,19H2,1H3. The first-order chi connectivity index (χ1) is 11.6. The lowest BCUT2D eigenvalue weighted by Crippen LogP contribution is -2.38. The molecule has 2 heterocycles. The Balaban J connectivity index is 1.58. The quantitative estimate of drug-likeness (QED) is 0.906. The molecule has 1 aromatic carbocycles. The van der Waals surface area contributed by atoms with E-state index < -0.39 is 0 Å². The van der Waals surface area contributed by atoms with Gasteiger partial charge in [-0.1, -0.05) is 12.1 Å². The fraction of sp³-hybridized carbons (Fsp3) is 0.556. The number of carbonyl (C=O) groups excluding carboxylic acids is 2. The summed E-state index contributed by atoms with van der Waals surface area (Å²) in [5.74, 6) is 1.41. The van der Waals surface area contributed by atoms with E-state index in [-0.39, 0.29) is 30.7 Å². The highest BCUT2D eigenvalue weighted by molar-refractivity contribution is 7.99. The molecule has 1 fully saturated rings. The summed E-state index contributed by atoms with van der Waals surface area (Å²) in [6.07, 6.45) is 1.52. The van der Waals surface area contributed by atoms with Crippen LogP contribution in [0.25, 0.3) is 0 Å². The number of benzene rings is 1. The molecular weight excluding hydrogens is 322 g/mol. The third kappa shape index (κ3) is 3.59. The average molecular weight is 347 g/mol. The molecule has 0 saturated carbocycles. The van der Waals surface area contributed by atoms with E-state index in [4.69, 9.17) is 5.73 Å². The summed E-state index contributed by atoms with van der Waals surface area (Å²) in [5.41, 5.74) is 6.70. The summed E-state index contributed by atoms with van der Waals surface area (Å²) in [6.45, 7) is 4.13. The van der Waals surface area contributed by atoms with Crippen LogP contribution in [-0.4, -0.2) is 48.1 Å². The van der Waals surface area contributed by atoms with Gasteiger partial charge in [0.05, 0.1) is 5.69 Å². The van der Waals surface area contributed by atoms with Crippen molar-refractivity contribution in [1.82, 2.24) is 4.90 Å². The van der Waals surface area contributed by atoms with Gasteiger partial charge in [-0.25, -0.2) is 0 Å². The van der Waals surface area contributed by atoms with Crippen molar-refractivity contribution in [2.24, 2.45) is 11.7 Å². The summed E-state index contributed by atoms with van der Waals surface area (Å²) < 4.78 is 0. The largest absolute Gasteiger partial charge is 0.340 e. The molecule has 0 bridgehead atoms. The van der Waals surface area contributed by atoms with Gasteiger partial charge in [0.1, 0.15) is 0 Å². The first kappa shape index (κ1) is 17.3. The third-order valence-corrected chi connectivity index (χ3v) is 5.94. The van der Waals surface area contributed by atoms with Gasteiger partial charge in [-0.05, 0) is 37.9 Å². The van der Waals surface area contributed by atoms with Crippen LogP contribution in [0.15, 0.2) is 29.2 Å². The normalized spacial score (nSPS) is 23.2. The summed E-state index contributed by atoms with van der Waals surface area (Å²) in [4.78, 5) is 29.9. The molecule has 2 atom stereocenters. The summed E-state index contributed by atoms with van der Waals surface area (Å²) in [7, 11) is 0. The van der Waals surface area contributed by atoms with E-state index in [1.807, 2.05) is 34.1 Å². The van der Waals surface area contributed by atoms with Crippen molar-refractivity contribution in [1.29, 1.82) is 0 Å². The topological polar surface area (TPSA) is 66.6 Å². The molecule has 2 aliphatic heterocycles. The second kappa shape index (κ2) is 7.57. The lowest BCUT2D eigenvalue weighted by Gasteiger charge is -2.29. The molecule has 2 unspecified atom stereocenters. The second-order valence-corrected chi connectivity index (χ2v) is 7.73. The van der Waals surface area contributed by atoms with Gasteiger partial charge in [0, 0.05) is 42.6 Å². The minimum Gasteiger partial charge on any atom is -0.340 e. The molecule has 2 N–H and O–H groups in total. The summed E-state index contributed by atoms with van der Waals surface area (Å²) in [5, 5.41) is 0. The zero-order valence-electron chi connectivity index (χ0n) is 14.1. The fourth-order valence-corrected chi connectivity index (χ4v) is 4.58. The van der Waals surface area contributed by atoms with Gasteiger partial charge < -0.3 is 15.5 Å². The molecule has 0 aromatic heterocycles. The number of para-hydroxylation sites is 1. The van der Waals surface area contributed by atoms with Crippen LogP contribution in [0.2, 0.25) is 0 Å². The van der Waals surface area contributed by atoms with Crippen molar-refractivity contribution >= 4 is 29.3 Å². The monoisotopic (exact) mass is 347 g/mol. The van der Waals surface area contributed by atoms with Crippen molar-refractivity contribution in [3.8, 4) is 0 Å². The number of thioether (sulfide) groups is 1. The van der Waals surface area contributed by atoms with Gasteiger partial charge in [0.2, 0.25) is 11.8 Å². The Bertz CT molecular complexity index is 622. The van der Waals surface area contributed by atoms with Crippen molar-refractivity contribution < 1.29 is 9.59 Å². The molecule has 0 spiro atoms. The van der Waals surface area contributed by atoms with E-state index in [0.29, 0.717) is 19.0 Å². The van der Waals surface area contributed by atoms with Crippen LogP contribution < -0.4 is 10.6 Å². The maximum atomic E-state index is 12.6. The molecule has 2 aliphatic rings. The Morgan fingerprint density at radius 1 is 1.25 bits per heavy atom. The number of nitrogens with two attached hydrogens (primary N) is 1. The number of carbonyl (C=O) groups is 2. The summed E-state index contributed by atoms with van der Waals surface area (Å²) in [6, 6.07) is 8.20. The number of hydrogen-bond donors (Lipinski definition) is 1. The molecule has 5 nitrogen and oxygen atoms in total. The highest BCUT2D eigenvalue weighted by Crippen LogP contribution is 2.34. The smallest absolute Gasteiger partial charge is 0.227 e. The molecule has 1 saturated heterocycles. The average Bonchev–Trinajstić information content (AvgIpc) is 3.00. The van der Waals surface area contributed by atoms with E-state index in [0.717, 1.165) is 29.3 Å². The lowest BCUT2D eigenvalue weighted by atomic mass is 10.1. The number of nitrogens with zero attached hydrogens (tertiary/aromatic N) is 2. The molecule has 0 aliphatic carbocycles. The van der Waals surface area contributed by atoms with Crippen LogP contribution in [0.5, 0.6) is 0 Å². The predicted octanol–water partition coefficient (Wildman–Crippen LogP) is 2.10. The van der Waals surface area contributed by atoms with Gasteiger partial charge in [0.25, 0.3) is 0 Å². The Labute approximate surface area is 147 Å². The molecule has 24 heavy (non-hydrogen) atoms. The number of hydrogen-bond acceptors (Lipinski definition) is 4. The van der Waals surface area contributed by atoms with E-state index >= 15 is 0 Å². The van der Waals surface area contributed by atoms with Gasteiger partial charge >= 0.3 is 0 Å². The maximum absolute atomic E-state index is 12.6. The second-order valence-electron chi connectivity index (χ2n) is 6.59. The molecule has 6 heteroatoms. The van der Waals surface area contributed by atoms with E-state index in [1.54, 1.807) is 11.8 Å². The van der Waals surface area contributed by atoms with Crippen LogP contribution in [0, 0.1) is 5.92 Å². The zero-order chi connectivity index (χ0) is 17.1. The van der Waals surface area contributed by atoms with E-state index in [2.05, 4.69) is 6.92 Å². The number of anilines is 1. The molecule has 3 rings (SSSR count). The van der Waals surface area contributed by atoms with Crippen LogP contribution >= 0.6 is 11.8 Å². The maximum Gasteiger partial charge on any atom is 0.227 e. The Morgan fingerprint density at radius 3 is 2.75 bits per heavy atom. The molecule has 2 amide bonds. The highest BCUT2D eigenvalue weighted by Gasteiger charge is 2.32. The van der Waals surface area contributed by atoms with Crippen molar-refractivity contribution in [2.45, 2.75) is 37.1 Å². The number of likely N-dealkylation sites (tertiary alicyclic amines) is 1. The van der Waals surface area contributed by atoms with Crippen molar-refractivity contribution in [3.05, 3.63) is 24.3 Å². The van der Waals surface area contributed by atoms with Crippen LogP contribution in [0.1, 0.15) is 26.2 Å². The van der Waals surface area contributed by atoms with Gasteiger partial charge in [-0.3, -0.25) is 9.59 Å². The fourth-order valence-electron chi connectivity index (χ4n) is 3.58.